The van der Waals surface area contributed by atoms with E-state index in [4.69, 9.17) is 4.74 Å². The van der Waals surface area contributed by atoms with Crippen molar-refractivity contribution >= 4 is 11.4 Å². The van der Waals surface area contributed by atoms with E-state index in [1.165, 1.54) is 0 Å². The van der Waals surface area contributed by atoms with Crippen LogP contribution >= 0.6 is 0 Å². The lowest BCUT2D eigenvalue weighted by Gasteiger charge is -2.36. The van der Waals surface area contributed by atoms with Gasteiger partial charge in [-0.15, -0.1) is 0 Å². The molecule has 0 N–H and O–H groups in total. The molecule has 0 aliphatic carbocycles. The lowest BCUT2D eigenvalue weighted by Crippen LogP contribution is -2.45. The first-order valence-corrected chi connectivity index (χ1v) is 6.13. The molecular weight excluding hydrogens is 232 g/mol. The monoisotopic (exact) mass is 250 g/mol. The second kappa shape index (κ2) is 4.94. The molecule has 2 rings (SSSR count). The number of nitrogens with zero attached hydrogens (tertiary/aromatic N) is 2. The largest absolute Gasteiger partial charge is 0.372 e. The van der Waals surface area contributed by atoms with Crippen LogP contribution in [0.3, 0.4) is 0 Å². The molecule has 1 fully saturated rings. The fraction of sp³-hybridized carbons (Fsp3) is 0.538. The number of aryl methyl sites for hydroxylation is 1. The highest BCUT2D eigenvalue weighted by Crippen LogP contribution is 2.26. The van der Waals surface area contributed by atoms with Crippen molar-refractivity contribution in [1.29, 1.82) is 0 Å². The van der Waals surface area contributed by atoms with Gasteiger partial charge in [-0.3, -0.25) is 10.1 Å². The second-order valence-electron chi connectivity index (χ2n) is 4.89. The first kappa shape index (κ1) is 12.8. The Morgan fingerprint density at radius 3 is 2.44 bits per heavy atom. The zero-order valence-electron chi connectivity index (χ0n) is 10.9. The molecule has 18 heavy (non-hydrogen) atoms. The third kappa shape index (κ3) is 2.61. The molecule has 5 heteroatoms. The molecule has 1 aromatic carbocycles. The van der Waals surface area contributed by atoms with Gasteiger partial charge in [-0.1, -0.05) is 0 Å². The average Bonchev–Trinajstić information content (AvgIpc) is 2.26. The Hall–Kier alpha value is -1.62. The zero-order valence-corrected chi connectivity index (χ0v) is 10.9. The zero-order chi connectivity index (χ0) is 13.3. The van der Waals surface area contributed by atoms with E-state index in [2.05, 4.69) is 4.90 Å². The van der Waals surface area contributed by atoms with Crippen molar-refractivity contribution in [3.63, 3.8) is 0 Å². The Balaban J connectivity index is 2.23. The molecule has 1 heterocycles. The number of anilines is 1. The van der Waals surface area contributed by atoms with Crippen molar-refractivity contribution in [1.82, 2.24) is 0 Å². The number of rotatable bonds is 2. The maximum atomic E-state index is 10.8. The van der Waals surface area contributed by atoms with Crippen molar-refractivity contribution < 1.29 is 9.66 Å². The van der Waals surface area contributed by atoms with Gasteiger partial charge in [0.15, 0.2) is 0 Å². The molecular formula is C13H18N2O3. The summed E-state index contributed by atoms with van der Waals surface area (Å²) < 4.78 is 5.68. The number of hydrogen-bond donors (Lipinski definition) is 0. The molecule has 0 bridgehead atoms. The van der Waals surface area contributed by atoms with E-state index in [1.807, 2.05) is 26.0 Å². The number of morpholine rings is 1. The van der Waals surface area contributed by atoms with Gasteiger partial charge in [0.1, 0.15) is 0 Å². The summed E-state index contributed by atoms with van der Waals surface area (Å²) in [4.78, 5) is 12.7. The van der Waals surface area contributed by atoms with Gasteiger partial charge in [0, 0.05) is 30.4 Å². The fourth-order valence-corrected chi connectivity index (χ4v) is 2.43. The molecule has 2 atom stereocenters. The highest BCUT2D eigenvalue weighted by molar-refractivity contribution is 5.55. The van der Waals surface area contributed by atoms with Gasteiger partial charge in [0.25, 0.3) is 5.69 Å². The van der Waals surface area contributed by atoms with E-state index in [1.54, 1.807) is 13.0 Å². The Labute approximate surface area is 107 Å². The first-order valence-electron chi connectivity index (χ1n) is 6.13. The van der Waals surface area contributed by atoms with Gasteiger partial charge < -0.3 is 9.64 Å². The number of nitro benzene ring substituents is 1. The summed E-state index contributed by atoms with van der Waals surface area (Å²) in [5.41, 5.74) is 1.90. The van der Waals surface area contributed by atoms with Crippen LogP contribution in [0.1, 0.15) is 19.4 Å². The number of hydrogen-bond acceptors (Lipinski definition) is 4. The van der Waals surface area contributed by atoms with Crippen LogP contribution in [0.25, 0.3) is 0 Å². The Morgan fingerprint density at radius 1 is 1.33 bits per heavy atom. The van der Waals surface area contributed by atoms with E-state index in [0.29, 0.717) is 5.56 Å². The summed E-state index contributed by atoms with van der Waals surface area (Å²) in [5.74, 6) is 0. The van der Waals surface area contributed by atoms with Crippen LogP contribution in [0.2, 0.25) is 0 Å². The maximum Gasteiger partial charge on any atom is 0.272 e. The number of benzene rings is 1. The second-order valence-corrected chi connectivity index (χ2v) is 4.89. The molecule has 1 aliphatic heterocycles. The van der Waals surface area contributed by atoms with Gasteiger partial charge in [0.2, 0.25) is 0 Å². The summed E-state index contributed by atoms with van der Waals surface area (Å²) in [7, 11) is 0. The van der Waals surface area contributed by atoms with Crippen molar-refractivity contribution in [3.05, 3.63) is 33.9 Å². The van der Waals surface area contributed by atoms with Crippen molar-refractivity contribution in [2.24, 2.45) is 0 Å². The molecule has 0 spiro atoms. The molecule has 0 amide bonds. The summed E-state index contributed by atoms with van der Waals surface area (Å²) >= 11 is 0. The highest BCUT2D eigenvalue weighted by Gasteiger charge is 2.23. The van der Waals surface area contributed by atoms with Gasteiger partial charge >= 0.3 is 0 Å². The lowest BCUT2D eigenvalue weighted by molar-refractivity contribution is -0.385. The van der Waals surface area contributed by atoms with E-state index in [-0.39, 0.29) is 22.8 Å². The molecule has 2 unspecified atom stereocenters. The third-order valence-electron chi connectivity index (χ3n) is 3.16. The predicted octanol–water partition coefficient (Wildman–Crippen LogP) is 2.52. The Bertz CT molecular complexity index is 452. The minimum absolute atomic E-state index is 0.174. The number of nitro groups is 1. The maximum absolute atomic E-state index is 10.8. The molecule has 1 saturated heterocycles. The van der Waals surface area contributed by atoms with Crippen LogP contribution in [0.5, 0.6) is 0 Å². The quantitative estimate of drug-likeness (QED) is 0.598. The van der Waals surface area contributed by atoms with Crippen LogP contribution in [0.15, 0.2) is 18.2 Å². The summed E-state index contributed by atoms with van der Waals surface area (Å²) in [6, 6.07) is 5.27. The van der Waals surface area contributed by atoms with Gasteiger partial charge in [-0.25, -0.2) is 0 Å². The van der Waals surface area contributed by atoms with Crippen LogP contribution < -0.4 is 4.90 Å². The normalized spacial score (nSPS) is 24.1. The van der Waals surface area contributed by atoms with Crippen LogP contribution in [-0.2, 0) is 4.74 Å². The summed E-state index contributed by atoms with van der Waals surface area (Å²) in [6.07, 6.45) is 0.369. The first-order chi connectivity index (χ1) is 8.47. The molecule has 0 aromatic heterocycles. The summed E-state index contributed by atoms with van der Waals surface area (Å²) in [6.45, 7) is 7.50. The van der Waals surface area contributed by atoms with Crippen molar-refractivity contribution in [3.8, 4) is 0 Å². The summed E-state index contributed by atoms with van der Waals surface area (Å²) in [5, 5.41) is 10.8. The van der Waals surface area contributed by atoms with Crippen LogP contribution in [-0.4, -0.2) is 30.2 Å². The predicted molar refractivity (Wildman–Crippen MR) is 70.1 cm³/mol. The molecule has 98 valence electrons. The van der Waals surface area contributed by atoms with Crippen molar-refractivity contribution in [2.75, 3.05) is 18.0 Å². The Kier molecular flexibility index (Phi) is 3.52. The topological polar surface area (TPSA) is 55.6 Å². The average molecular weight is 250 g/mol. The minimum atomic E-state index is -0.344. The SMILES string of the molecule is Cc1cc(N2CC(C)OC(C)C2)ccc1[N+](=O)[O-]. The molecule has 1 aromatic rings. The Morgan fingerprint density at radius 2 is 1.94 bits per heavy atom. The van der Waals surface area contributed by atoms with Crippen LogP contribution in [0.4, 0.5) is 11.4 Å². The number of ether oxygens (including phenoxy) is 1. The van der Waals surface area contributed by atoms with Gasteiger partial charge in [0.05, 0.1) is 17.1 Å². The molecule has 0 radical (unpaired) electrons. The van der Waals surface area contributed by atoms with Crippen molar-refractivity contribution in [2.45, 2.75) is 33.0 Å². The third-order valence-corrected chi connectivity index (χ3v) is 3.16. The van der Waals surface area contributed by atoms with E-state index in [9.17, 15) is 10.1 Å². The minimum Gasteiger partial charge on any atom is -0.372 e. The standard InChI is InChI=1S/C13H18N2O3/c1-9-6-12(4-5-13(9)15(16)17)14-7-10(2)18-11(3)8-14/h4-6,10-11H,7-8H2,1-3H3. The van der Waals surface area contributed by atoms with E-state index < -0.39 is 0 Å². The highest BCUT2D eigenvalue weighted by atomic mass is 16.6. The van der Waals surface area contributed by atoms with Crippen LogP contribution in [0, 0.1) is 17.0 Å². The molecule has 0 saturated carbocycles. The lowest BCUT2D eigenvalue weighted by atomic mass is 10.1. The van der Waals surface area contributed by atoms with E-state index >= 15 is 0 Å². The molecule has 5 nitrogen and oxygen atoms in total. The smallest absolute Gasteiger partial charge is 0.272 e. The van der Waals surface area contributed by atoms with E-state index in [0.717, 1.165) is 18.8 Å². The van der Waals surface area contributed by atoms with Gasteiger partial charge in [-0.05, 0) is 32.9 Å². The fourth-order valence-electron chi connectivity index (χ4n) is 2.43. The van der Waals surface area contributed by atoms with Gasteiger partial charge in [-0.2, -0.15) is 0 Å². The molecule has 1 aliphatic rings.